The molecule has 0 bridgehead atoms. The summed E-state index contributed by atoms with van der Waals surface area (Å²) in [5, 5.41) is 95.9. The molecular weight excluding hydrogens is 1820 g/mol. The first-order valence-electron chi connectivity index (χ1n) is 46.8. The Balaban J connectivity index is 1.02. The van der Waals surface area contributed by atoms with Crippen molar-refractivity contribution in [2.45, 2.75) is 188 Å². The highest BCUT2D eigenvalue weighted by molar-refractivity contribution is 6.01. The molecule has 46 nitrogen and oxygen atoms in total. The minimum Gasteiger partial charge on any atom is -0.370 e. The molecule has 0 fully saturated rings. The van der Waals surface area contributed by atoms with E-state index in [-0.39, 0.29) is 167 Å². The van der Waals surface area contributed by atoms with Gasteiger partial charge in [-0.25, -0.2) is 0 Å². The van der Waals surface area contributed by atoms with E-state index >= 15 is 38.4 Å². The Labute approximate surface area is 819 Å². The quantitative estimate of drug-likeness (QED) is 0.0107. The van der Waals surface area contributed by atoms with Gasteiger partial charge in [0, 0.05) is 123 Å². The van der Waals surface area contributed by atoms with Crippen LogP contribution in [0.5, 0.6) is 0 Å². The summed E-state index contributed by atoms with van der Waals surface area (Å²) < 4.78 is 0. The van der Waals surface area contributed by atoms with Gasteiger partial charge in [-0.1, -0.05) is 146 Å². The number of hydrogen-bond acceptors (Lipinski definition) is 19. The first-order valence-corrected chi connectivity index (χ1v) is 46.8. The molecule has 0 spiro atoms. The van der Waals surface area contributed by atoms with Gasteiger partial charge in [0.25, 0.3) is 0 Å². The molecule has 9 rings (SSSR count). The van der Waals surface area contributed by atoms with Crippen molar-refractivity contribution in [3.63, 3.8) is 0 Å². The van der Waals surface area contributed by atoms with E-state index in [1.807, 2.05) is 24.3 Å². The lowest BCUT2D eigenvalue weighted by Crippen LogP contribution is -2.61. The second-order valence-electron chi connectivity index (χ2n) is 34.3. The third-order valence-corrected chi connectivity index (χ3v) is 23.4. The number of nitrogens with one attached hydrogen (secondary N) is 26. The number of hydrogen-bond donors (Lipinski definition) is 34. The predicted molar refractivity (Wildman–Crippen MR) is 540 cm³/mol. The second kappa shape index (κ2) is 56.1. The lowest BCUT2D eigenvalue weighted by atomic mass is 10.0. The summed E-state index contributed by atoms with van der Waals surface area (Å²) in [6.07, 6.45) is 3.64. The normalized spacial score (nSPS) is 13.6. The number of fused-ring (bicyclic) bond motifs is 3. The summed E-state index contributed by atoms with van der Waals surface area (Å²) in [5.41, 5.74) is 51.7. The lowest BCUT2D eigenvalue weighted by molar-refractivity contribution is -0.136. The average Bonchev–Trinajstić information content (AvgIpc) is 1.73. The number of nitrogens with two attached hydrogens (primary N) is 8. The molecule has 0 saturated carbocycles. The maximum Gasteiger partial charge on any atom is 0.243 e. The summed E-state index contributed by atoms with van der Waals surface area (Å²) in [7, 11) is 0. The third-order valence-electron chi connectivity index (χ3n) is 23.4. The van der Waals surface area contributed by atoms with Gasteiger partial charge in [0.2, 0.25) is 70.9 Å². The van der Waals surface area contributed by atoms with Crippen LogP contribution in [-0.2, 0) is 96.1 Å². The molecule has 0 saturated heterocycles. The van der Waals surface area contributed by atoms with Crippen molar-refractivity contribution in [1.29, 1.82) is 32.5 Å². The molecule has 3 heterocycles. The summed E-state index contributed by atoms with van der Waals surface area (Å²) in [6, 6.07) is 29.4. The Morgan fingerprint density at radius 1 is 0.232 bits per heavy atom. The summed E-state index contributed by atoms with van der Waals surface area (Å²) in [6.45, 7) is 0.244. The van der Waals surface area contributed by atoms with Crippen LogP contribution in [0.25, 0.3) is 32.7 Å². The zero-order valence-electron chi connectivity index (χ0n) is 78.7. The van der Waals surface area contributed by atoms with Gasteiger partial charge in [0.05, 0.1) is 6.04 Å². The molecular formula is C96H132N34O12. The molecule has 0 radical (unpaired) electrons. The number of guanidine groups is 6. The van der Waals surface area contributed by atoms with Gasteiger partial charge in [-0.15, -0.1) is 0 Å². The van der Waals surface area contributed by atoms with Crippen LogP contribution < -0.4 is 136 Å². The fraction of sp³-hybridized carbons (Fsp3) is 0.375. The highest BCUT2D eigenvalue weighted by Crippen LogP contribution is 2.24. The van der Waals surface area contributed by atoms with Crippen LogP contribution in [0.4, 0.5) is 0 Å². The molecule has 9 aromatic rings. The minimum absolute atomic E-state index is 0.00506. The number of para-hydroxylation sites is 3. The van der Waals surface area contributed by atoms with Gasteiger partial charge in [0.1, 0.15) is 66.5 Å². The van der Waals surface area contributed by atoms with E-state index in [0.717, 1.165) is 16.5 Å². The van der Waals surface area contributed by atoms with Crippen molar-refractivity contribution in [2.24, 2.45) is 45.9 Å². The van der Waals surface area contributed by atoms with Gasteiger partial charge < -0.3 is 151 Å². The van der Waals surface area contributed by atoms with Crippen LogP contribution >= 0.6 is 0 Å². The van der Waals surface area contributed by atoms with E-state index in [4.69, 9.17) is 78.3 Å². The third kappa shape index (κ3) is 36.3. The van der Waals surface area contributed by atoms with Gasteiger partial charge in [-0.3, -0.25) is 90.0 Å². The van der Waals surface area contributed by atoms with E-state index in [0.29, 0.717) is 49.6 Å². The molecule has 0 unspecified atom stereocenters. The van der Waals surface area contributed by atoms with Crippen molar-refractivity contribution in [3.05, 3.63) is 216 Å². The van der Waals surface area contributed by atoms with Gasteiger partial charge in [0.15, 0.2) is 35.8 Å². The molecule has 0 aliphatic rings. The van der Waals surface area contributed by atoms with E-state index in [9.17, 15) is 19.2 Å². The van der Waals surface area contributed by atoms with Crippen LogP contribution in [-0.4, -0.2) is 233 Å². The molecule has 0 aliphatic carbocycles. The number of carbonyl (C=O) groups excluding carboxylic acids is 12. The maximum atomic E-state index is 15.8. The predicted octanol–water partition coefficient (Wildman–Crippen LogP) is -2.39. The van der Waals surface area contributed by atoms with Crippen molar-refractivity contribution >= 4 is 139 Å². The molecule has 12 atom stereocenters. The number of benzene rings is 6. The highest BCUT2D eigenvalue weighted by atomic mass is 16.2. The Morgan fingerprint density at radius 2 is 0.423 bits per heavy atom. The number of rotatable bonds is 59. The number of amides is 12. The Hall–Kier alpha value is -16.8. The number of H-pyrrole nitrogens is 3. The Bertz CT molecular complexity index is 5800. The fourth-order valence-electron chi connectivity index (χ4n) is 16.1. The largest absolute Gasteiger partial charge is 0.370 e. The van der Waals surface area contributed by atoms with E-state index in [2.05, 4.69) is 105 Å². The van der Waals surface area contributed by atoms with Crippen molar-refractivity contribution in [3.8, 4) is 0 Å². The Morgan fingerprint density at radius 3 is 0.662 bits per heavy atom. The number of aromatic nitrogens is 3. The van der Waals surface area contributed by atoms with Crippen molar-refractivity contribution in [2.75, 3.05) is 39.3 Å². The summed E-state index contributed by atoms with van der Waals surface area (Å²) in [4.78, 5) is 190. The topological polar surface area (TPSA) is 808 Å². The van der Waals surface area contributed by atoms with Crippen molar-refractivity contribution < 1.29 is 57.5 Å². The van der Waals surface area contributed by atoms with Crippen LogP contribution in [0.3, 0.4) is 0 Å². The van der Waals surface area contributed by atoms with E-state index in [1.165, 1.54) is 0 Å². The molecule has 0 aliphatic heterocycles. The van der Waals surface area contributed by atoms with Crippen LogP contribution in [0.2, 0.25) is 0 Å². The van der Waals surface area contributed by atoms with Gasteiger partial charge in [-0.05, 0) is 135 Å². The fourth-order valence-corrected chi connectivity index (χ4v) is 16.1. The number of primary amides is 1. The first kappa shape index (κ1) is 109. The zero-order valence-corrected chi connectivity index (χ0v) is 78.7. The average molecular weight is 1950 g/mol. The maximum absolute atomic E-state index is 15.8. The number of carbonyl (C=O) groups is 12. The minimum atomic E-state index is -1.63. The number of aromatic amines is 3. The van der Waals surface area contributed by atoms with Crippen LogP contribution in [0, 0.1) is 32.5 Å². The van der Waals surface area contributed by atoms with Gasteiger partial charge in [-0.2, -0.15) is 0 Å². The van der Waals surface area contributed by atoms with Crippen LogP contribution in [0.15, 0.2) is 182 Å². The Kier molecular flexibility index (Phi) is 43.0. The van der Waals surface area contributed by atoms with Gasteiger partial charge >= 0.3 is 0 Å². The smallest absolute Gasteiger partial charge is 0.243 e. The molecule has 142 heavy (non-hydrogen) atoms. The van der Waals surface area contributed by atoms with E-state index in [1.54, 1.807) is 158 Å². The molecule has 758 valence electrons. The van der Waals surface area contributed by atoms with Crippen LogP contribution in [0.1, 0.15) is 110 Å². The SMILES string of the molecule is N=C(N)NCCC[C@H](NC(=O)[C@H](Cc1ccccc1)NC(=O)[C@H](CCCNC(=N)N)NC(=O)[C@H](Cc1c[nH]c2ccccc12)NC(=O)[C@H](CCCNC(=N)N)NC(=O)[C@H](Cc1ccccc1)NC(=O)[C@H](CCCNC(=N)N)NC(=O)[C@H](Cc1c[nH]c2ccccc12)NC(=O)[C@H](CCCNC(=N)N)NC(=O)[C@H](Cc1ccccc1)NC(=O)[C@H](CCCNC(=N)N)NC(=O)[C@@H](N)Cc1c[nH]c2ccccc12)C(N)=O. The monoisotopic (exact) mass is 1950 g/mol. The molecule has 3 aromatic heterocycles. The molecule has 46 heteroatoms. The summed E-state index contributed by atoms with van der Waals surface area (Å²) >= 11 is 0. The molecule has 12 amide bonds. The first-order chi connectivity index (χ1) is 68.1. The molecule has 6 aromatic carbocycles. The lowest BCUT2D eigenvalue weighted by Gasteiger charge is -2.29. The molecule has 42 N–H and O–H groups in total. The second-order valence-corrected chi connectivity index (χ2v) is 34.3. The van der Waals surface area contributed by atoms with Crippen molar-refractivity contribution in [1.82, 2.24) is 105 Å². The highest BCUT2D eigenvalue weighted by Gasteiger charge is 2.39. The standard InChI is InChI=1S/C96H132N34O12/c97-64(49-58-52-117-65-31-13-10-28-61(58)65)80(132)121-69(35-17-41-112-92(101)102)81(133)127-75(47-56-24-6-2-7-25-56)87(139)122-72(38-20-44-115-95(107)108)84(136)130-78(51-60-54-119-67-33-15-12-30-63(60)67)90(142)125-71(37-19-43-114-94(105)106)83(135)128-76(48-57-26-8-3-9-27-57)88(140)123-73(39-21-45-116-96(109)110)85(137)129-77(50-59-53-118-66-32-14-11-29-62(59)66)89(141)124-70(36-18-42-113-93(103)104)82(134)126-74(46-55-22-4-1-5-23-55)86(138)120-68(79(98)131)34-16-40-111-91(99)100/h1-15,22-33,52-54,64,68-78,117-119H,16-21,34-51,97H2,(H2,98,131)(H,120,138)(H,121,132)(H,122,139)(H,123,140)(H,124,141)(H,125,142)(H,126,134)(H,127,133)(H,128,135)(H,129,137)(H,130,136)(H4,99,100,111)(H4,101,102,112)(H4,103,104,113)(H4,105,106,114)(H4,107,108,115)(H4,109,110,116)/t64-,68-,69-,70-,71-,72-,73-,74-,75-,76-,77-,78-/m0/s1. The summed E-state index contributed by atoms with van der Waals surface area (Å²) in [5.74, 6) is -13.1. The van der Waals surface area contributed by atoms with E-state index < -0.39 is 167 Å². The zero-order chi connectivity index (χ0) is 103.